The topological polar surface area (TPSA) is 60.2 Å². The number of carbonyl (C=O) groups excluding carboxylic acids is 2. The van der Waals surface area contributed by atoms with Crippen LogP contribution in [0.4, 0.5) is 0 Å². The van der Waals surface area contributed by atoms with Crippen molar-refractivity contribution in [3.05, 3.63) is 0 Å². The van der Waals surface area contributed by atoms with Crippen LogP contribution in [0.3, 0.4) is 0 Å². The van der Waals surface area contributed by atoms with Gasteiger partial charge in [0.1, 0.15) is 0 Å². The summed E-state index contributed by atoms with van der Waals surface area (Å²) < 4.78 is 0. The minimum Gasteiger partial charge on any atom is -0.370 e. The fraction of sp³-hybridized carbons (Fsp3) is 0.333. The van der Waals surface area contributed by atoms with Crippen molar-refractivity contribution in [1.29, 1.82) is 0 Å². The number of carbonyl (C=O) groups is 2. The third kappa shape index (κ3) is 197. The van der Waals surface area contributed by atoms with Crippen LogP contribution in [0.15, 0.2) is 0 Å². The smallest absolute Gasteiger partial charge is 0.214 e. The van der Waals surface area contributed by atoms with Gasteiger partial charge in [-0.15, -0.1) is 0 Å². The Balaban J connectivity index is 0. The van der Waals surface area contributed by atoms with Crippen LogP contribution in [-0.2, 0) is 9.59 Å². The molecule has 0 aromatic heterocycles. The van der Waals surface area contributed by atoms with Gasteiger partial charge in [-0.3, -0.25) is 9.59 Å². The zero-order chi connectivity index (χ0) is 6.28. The van der Waals surface area contributed by atoms with Gasteiger partial charge in [-0.25, -0.2) is 0 Å². The summed E-state index contributed by atoms with van der Waals surface area (Å²) in [4.78, 5) is 17.8. The number of nitrogens with two attached hydrogens (primary N) is 1. The van der Waals surface area contributed by atoms with E-state index in [1.807, 2.05) is 0 Å². The van der Waals surface area contributed by atoms with Crippen molar-refractivity contribution in [2.24, 2.45) is 5.73 Å². The minimum absolute atomic E-state index is 0.222. The van der Waals surface area contributed by atoms with E-state index < -0.39 is 0 Å². The average molecular weight is 124 g/mol. The number of rotatable bonds is 0. The van der Waals surface area contributed by atoms with Crippen molar-refractivity contribution in [2.75, 3.05) is 0 Å². The van der Waals surface area contributed by atoms with Gasteiger partial charge in [0.2, 0.25) is 11.7 Å². The molecule has 0 saturated heterocycles. The van der Waals surface area contributed by atoms with Gasteiger partial charge in [0.05, 0.1) is 0 Å². The first kappa shape index (κ1) is 9.66. The highest BCUT2D eigenvalue weighted by Gasteiger charge is 1.61. The summed E-state index contributed by atoms with van der Waals surface area (Å²) in [7, 11) is 0. The molecule has 0 fully saturated rings. The second-order valence-electron chi connectivity index (χ2n) is 0.700. The zero-order valence-electron chi connectivity index (χ0n) is 3.85. The molecular weight excluding hydrogens is 117 g/mol. The summed E-state index contributed by atoms with van der Waals surface area (Å²) in [6, 6.07) is 0. The van der Waals surface area contributed by atoms with Crippen molar-refractivity contribution in [1.82, 2.24) is 0 Å². The molecule has 0 radical (unpaired) electrons. The maximum atomic E-state index is 9.22. The summed E-state index contributed by atoms with van der Waals surface area (Å²) in [5.41, 5.74) is 4.47. The number of primary amides is 1. The average Bonchev–Trinajstić information content (AvgIpc) is 1.33. The van der Waals surface area contributed by atoms with Crippen LogP contribution in [0.5, 0.6) is 0 Å². The molecule has 0 rings (SSSR count). The Bertz CT molecular complexity index is 60.0. The Morgan fingerprint density at radius 1 is 1.86 bits per heavy atom. The van der Waals surface area contributed by atoms with E-state index in [2.05, 4.69) is 17.3 Å². The van der Waals surface area contributed by atoms with Crippen LogP contribution < -0.4 is 5.73 Å². The standard InChI is InChI=1S/C2H5NO.CHClO/c1-2(3)4;2-1-3/h1H3,(H2,3,4);1H. The highest BCUT2D eigenvalue weighted by Crippen LogP contribution is 1.42. The van der Waals surface area contributed by atoms with Crippen molar-refractivity contribution in [3.8, 4) is 0 Å². The Morgan fingerprint density at radius 3 is 1.86 bits per heavy atom. The van der Waals surface area contributed by atoms with Crippen molar-refractivity contribution in [3.63, 3.8) is 0 Å². The monoisotopic (exact) mass is 123 g/mol. The normalized spacial score (nSPS) is 5.43. The Morgan fingerprint density at radius 2 is 1.86 bits per heavy atom. The highest BCUT2D eigenvalue weighted by molar-refractivity contribution is 6.54. The first-order valence-corrected chi connectivity index (χ1v) is 1.88. The molecule has 0 unspecified atom stereocenters. The predicted octanol–water partition coefficient (Wildman–Crippen LogP) is -0.0930. The molecule has 0 aromatic rings. The van der Waals surface area contributed by atoms with Gasteiger partial charge in [0.25, 0.3) is 0 Å². The first-order chi connectivity index (χ1) is 3.15. The van der Waals surface area contributed by atoms with E-state index in [9.17, 15) is 4.79 Å². The van der Waals surface area contributed by atoms with E-state index in [1.165, 1.54) is 6.92 Å². The van der Waals surface area contributed by atoms with E-state index in [4.69, 9.17) is 4.79 Å². The molecule has 4 heteroatoms. The molecular formula is C3H6ClNO2. The molecule has 0 aliphatic carbocycles. The lowest BCUT2D eigenvalue weighted by atomic mass is 10.8. The third-order valence-corrected chi connectivity index (χ3v) is 0. The lowest BCUT2D eigenvalue weighted by molar-refractivity contribution is -0.115. The molecule has 0 aromatic carbocycles. The number of hydrogen-bond donors (Lipinski definition) is 1. The summed E-state index contributed by atoms with van der Waals surface area (Å²) in [6.07, 6.45) is 0. The minimum atomic E-state index is -0.333. The molecule has 0 spiro atoms. The van der Waals surface area contributed by atoms with Gasteiger partial charge in [0, 0.05) is 6.92 Å². The van der Waals surface area contributed by atoms with E-state index in [-0.39, 0.29) is 11.7 Å². The lowest BCUT2D eigenvalue weighted by Gasteiger charge is -1.60. The second-order valence-corrected chi connectivity index (χ2v) is 0.878. The van der Waals surface area contributed by atoms with Gasteiger partial charge in [-0.2, -0.15) is 0 Å². The maximum Gasteiger partial charge on any atom is 0.214 e. The molecule has 0 atom stereocenters. The van der Waals surface area contributed by atoms with Crippen LogP contribution in [-0.4, -0.2) is 11.7 Å². The van der Waals surface area contributed by atoms with Crippen LogP contribution >= 0.6 is 11.6 Å². The molecule has 42 valence electrons. The summed E-state index contributed by atoms with van der Waals surface area (Å²) in [6.45, 7) is 1.31. The van der Waals surface area contributed by atoms with Crippen molar-refractivity contribution >= 4 is 23.3 Å². The Labute approximate surface area is 46.4 Å². The van der Waals surface area contributed by atoms with Gasteiger partial charge in [-0.05, 0) is 11.6 Å². The van der Waals surface area contributed by atoms with Crippen molar-refractivity contribution < 1.29 is 9.59 Å². The first-order valence-electron chi connectivity index (χ1n) is 1.45. The summed E-state index contributed by atoms with van der Waals surface area (Å²) in [5, 5.41) is 0. The van der Waals surface area contributed by atoms with E-state index in [0.29, 0.717) is 0 Å². The molecule has 0 bridgehead atoms. The predicted molar refractivity (Wildman–Crippen MR) is 27.5 cm³/mol. The fourth-order valence-corrected chi connectivity index (χ4v) is 0. The number of hydrogen-bond acceptors (Lipinski definition) is 2. The van der Waals surface area contributed by atoms with Crippen LogP contribution in [0.1, 0.15) is 6.92 Å². The van der Waals surface area contributed by atoms with Gasteiger partial charge < -0.3 is 5.73 Å². The SMILES string of the molecule is CC(N)=O.O=CCl. The highest BCUT2D eigenvalue weighted by atomic mass is 35.5. The molecule has 7 heavy (non-hydrogen) atoms. The third-order valence-electron chi connectivity index (χ3n) is 0. The maximum absolute atomic E-state index is 9.22. The van der Waals surface area contributed by atoms with Crippen LogP contribution in [0.2, 0.25) is 0 Å². The molecule has 2 N–H and O–H groups in total. The Kier molecular flexibility index (Phi) is 12.5. The van der Waals surface area contributed by atoms with E-state index >= 15 is 0 Å². The molecule has 0 saturated carbocycles. The van der Waals surface area contributed by atoms with Gasteiger partial charge in [-0.1, -0.05) is 0 Å². The molecule has 0 aliphatic heterocycles. The Hall–Kier alpha value is -0.570. The molecule has 3 nitrogen and oxygen atoms in total. The summed E-state index contributed by atoms with van der Waals surface area (Å²) >= 11 is 4.32. The van der Waals surface area contributed by atoms with E-state index in [0.717, 1.165) is 0 Å². The number of amides is 1. The van der Waals surface area contributed by atoms with Crippen molar-refractivity contribution in [2.45, 2.75) is 6.92 Å². The number of halogens is 1. The lowest BCUT2D eigenvalue weighted by Crippen LogP contribution is -2.01. The quantitative estimate of drug-likeness (QED) is 0.361. The van der Waals surface area contributed by atoms with Crippen LogP contribution in [0.25, 0.3) is 0 Å². The van der Waals surface area contributed by atoms with Gasteiger partial charge in [0.15, 0.2) is 0 Å². The van der Waals surface area contributed by atoms with Crippen LogP contribution in [0, 0.1) is 0 Å². The summed E-state index contributed by atoms with van der Waals surface area (Å²) in [5.74, 6) is -0.111. The zero-order valence-corrected chi connectivity index (χ0v) is 4.61. The fourth-order valence-electron chi connectivity index (χ4n) is 0. The second kappa shape index (κ2) is 9.06. The van der Waals surface area contributed by atoms with E-state index in [1.54, 1.807) is 0 Å². The largest absolute Gasteiger partial charge is 0.370 e. The van der Waals surface area contributed by atoms with Gasteiger partial charge >= 0.3 is 0 Å². The molecule has 0 aliphatic rings. The molecule has 0 heterocycles. The molecule has 1 amide bonds.